The molecule has 4 heteroatoms. The monoisotopic (exact) mass is 193 g/mol. The summed E-state index contributed by atoms with van der Waals surface area (Å²) in [6.07, 6.45) is 2.22. The Hall–Kier alpha value is 0.567. The van der Waals surface area contributed by atoms with Gasteiger partial charge in [0.1, 0.15) is 0 Å². The molecule has 0 aliphatic heterocycles. The minimum atomic E-state index is -0.946. The molecule has 0 bridgehead atoms. The molecule has 11 heavy (non-hydrogen) atoms. The molecule has 0 aliphatic carbocycles. The Labute approximate surface area is 73.5 Å². The topological polar surface area (TPSA) is 12.5 Å². The zero-order chi connectivity index (χ0) is 8.91. The van der Waals surface area contributed by atoms with Crippen LogP contribution in [0.15, 0.2) is 0 Å². The number of hydrogen-bond donors (Lipinski definition) is 0. The molecule has 0 saturated carbocycles. The second kappa shape index (κ2) is 5.25. The molecule has 0 saturated heterocycles. The first-order valence-corrected chi connectivity index (χ1v) is 8.43. The predicted octanol–water partition coefficient (Wildman–Crippen LogP) is 1.60. The van der Waals surface area contributed by atoms with Crippen molar-refractivity contribution in [3.05, 3.63) is 0 Å². The maximum Gasteiger partial charge on any atom is 0.0986 e. The Morgan fingerprint density at radius 2 is 1.91 bits per heavy atom. The van der Waals surface area contributed by atoms with Crippen LogP contribution in [0.5, 0.6) is 0 Å². The third-order valence-electron chi connectivity index (χ3n) is 1.27. The highest BCUT2D eigenvalue weighted by Gasteiger charge is 2.16. The summed E-state index contributed by atoms with van der Waals surface area (Å²) in [5.41, 5.74) is 0. The summed E-state index contributed by atoms with van der Waals surface area (Å²) >= 11 is 0. The maximum absolute atomic E-state index is 5.08. The molecule has 1 atom stereocenters. The average molecular weight is 193 g/mol. The van der Waals surface area contributed by atoms with Crippen LogP contribution in [0.2, 0.25) is 19.6 Å². The molecule has 0 aromatic rings. The summed E-state index contributed by atoms with van der Waals surface area (Å²) in [4.78, 5) is 2.32. The average Bonchev–Trinajstić information content (AvgIpc) is 1.84. The largest absolute Gasteiger partial charge is 0.369 e. The number of rotatable bonds is 5. The van der Waals surface area contributed by atoms with Crippen LogP contribution in [0, 0.1) is 0 Å². The van der Waals surface area contributed by atoms with Crippen molar-refractivity contribution in [2.24, 2.45) is 0 Å². The standard InChI is InChI=1S/C7H20NOPSi/c1-9-5-8(6-10)7-11(2,3)4/h5-7,10H2,1-4H3. The lowest BCUT2D eigenvalue weighted by atomic mass is 10.9. The molecule has 68 valence electrons. The quantitative estimate of drug-likeness (QED) is 0.373. The van der Waals surface area contributed by atoms with Gasteiger partial charge in [-0.2, -0.15) is 0 Å². The van der Waals surface area contributed by atoms with Gasteiger partial charge in [-0.15, -0.1) is 9.24 Å². The van der Waals surface area contributed by atoms with Crippen LogP contribution in [-0.2, 0) is 4.74 Å². The van der Waals surface area contributed by atoms with E-state index in [2.05, 4.69) is 33.8 Å². The van der Waals surface area contributed by atoms with Gasteiger partial charge in [-0.3, -0.25) is 4.90 Å². The van der Waals surface area contributed by atoms with Gasteiger partial charge in [-0.25, -0.2) is 0 Å². The van der Waals surface area contributed by atoms with Crippen molar-refractivity contribution in [1.29, 1.82) is 0 Å². The zero-order valence-electron chi connectivity index (χ0n) is 8.05. The van der Waals surface area contributed by atoms with Crippen molar-refractivity contribution in [2.75, 3.05) is 26.3 Å². The third kappa shape index (κ3) is 6.95. The van der Waals surface area contributed by atoms with Gasteiger partial charge in [0.25, 0.3) is 0 Å². The summed E-state index contributed by atoms with van der Waals surface area (Å²) in [5.74, 6) is 0. The van der Waals surface area contributed by atoms with Gasteiger partial charge in [0.2, 0.25) is 0 Å². The van der Waals surface area contributed by atoms with Crippen molar-refractivity contribution in [3.8, 4) is 0 Å². The lowest BCUT2D eigenvalue weighted by Gasteiger charge is -2.26. The molecular formula is C7H20NOPSi. The molecule has 0 rings (SSSR count). The van der Waals surface area contributed by atoms with E-state index in [1.165, 1.54) is 6.17 Å². The highest BCUT2D eigenvalue weighted by Crippen LogP contribution is 2.05. The molecule has 0 spiro atoms. The SMILES string of the molecule is COCN(CP)C[Si](C)(C)C. The van der Waals surface area contributed by atoms with Crippen molar-refractivity contribution < 1.29 is 4.74 Å². The van der Waals surface area contributed by atoms with E-state index in [1.54, 1.807) is 7.11 Å². The van der Waals surface area contributed by atoms with Crippen molar-refractivity contribution >= 4 is 17.3 Å². The first-order chi connectivity index (χ1) is 4.99. The van der Waals surface area contributed by atoms with E-state index in [1.807, 2.05) is 0 Å². The van der Waals surface area contributed by atoms with E-state index in [9.17, 15) is 0 Å². The molecule has 2 nitrogen and oxygen atoms in total. The van der Waals surface area contributed by atoms with Gasteiger partial charge >= 0.3 is 0 Å². The Morgan fingerprint density at radius 1 is 1.36 bits per heavy atom. The van der Waals surface area contributed by atoms with Gasteiger partial charge < -0.3 is 4.74 Å². The van der Waals surface area contributed by atoms with Gasteiger partial charge in [0.15, 0.2) is 0 Å². The van der Waals surface area contributed by atoms with Gasteiger partial charge in [0, 0.05) is 13.4 Å². The Morgan fingerprint density at radius 3 is 2.18 bits per heavy atom. The number of nitrogens with zero attached hydrogens (tertiary/aromatic N) is 1. The fraction of sp³-hybridized carbons (Fsp3) is 1.00. The summed E-state index contributed by atoms with van der Waals surface area (Å²) in [7, 11) is 3.54. The second-order valence-electron chi connectivity index (χ2n) is 3.99. The zero-order valence-corrected chi connectivity index (χ0v) is 10.2. The third-order valence-corrected chi connectivity index (χ3v) is 3.18. The molecule has 0 fully saturated rings. The highest BCUT2D eigenvalue weighted by molar-refractivity contribution is 7.16. The minimum absolute atomic E-state index is 0.758. The Balaban J connectivity index is 3.68. The van der Waals surface area contributed by atoms with Crippen LogP contribution in [0.1, 0.15) is 0 Å². The van der Waals surface area contributed by atoms with Crippen LogP contribution in [0.4, 0.5) is 0 Å². The van der Waals surface area contributed by atoms with Gasteiger partial charge in [0.05, 0.1) is 14.8 Å². The first kappa shape index (κ1) is 11.6. The smallest absolute Gasteiger partial charge is 0.0986 e. The Kier molecular flexibility index (Phi) is 5.53. The highest BCUT2D eigenvalue weighted by atomic mass is 31.0. The van der Waals surface area contributed by atoms with E-state index < -0.39 is 8.07 Å². The molecule has 0 radical (unpaired) electrons. The van der Waals surface area contributed by atoms with Crippen LogP contribution >= 0.6 is 9.24 Å². The molecule has 0 aromatic heterocycles. The first-order valence-electron chi connectivity index (χ1n) is 3.91. The summed E-state index contributed by atoms with van der Waals surface area (Å²) in [6.45, 7) is 7.87. The van der Waals surface area contributed by atoms with E-state index in [4.69, 9.17) is 4.74 Å². The van der Waals surface area contributed by atoms with E-state index in [0.717, 1.165) is 13.0 Å². The van der Waals surface area contributed by atoms with E-state index >= 15 is 0 Å². The molecule has 0 heterocycles. The normalized spacial score (nSPS) is 12.5. The molecule has 1 unspecified atom stereocenters. The van der Waals surface area contributed by atoms with Crippen LogP contribution in [0.3, 0.4) is 0 Å². The molecule has 0 aromatic carbocycles. The lowest BCUT2D eigenvalue weighted by Crippen LogP contribution is -2.40. The van der Waals surface area contributed by atoms with E-state index in [0.29, 0.717) is 0 Å². The number of hydrogen-bond acceptors (Lipinski definition) is 2. The van der Waals surface area contributed by atoms with Crippen LogP contribution < -0.4 is 0 Å². The number of methoxy groups -OCH3 is 1. The molecule has 0 N–H and O–H groups in total. The van der Waals surface area contributed by atoms with Crippen molar-refractivity contribution in [3.63, 3.8) is 0 Å². The van der Waals surface area contributed by atoms with Crippen LogP contribution in [0.25, 0.3) is 0 Å². The van der Waals surface area contributed by atoms with Gasteiger partial charge in [-0.05, 0) is 6.17 Å². The maximum atomic E-state index is 5.08. The molecular weight excluding hydrogens is 173 g/mol. The van der Waals surface area contributed by atoms with Crippen molar-refractivity contribution in [1.82, 2.24) is 4.90 Å². The summed E-state index contributed by atoms with van der Waals surface area (Å²) < 4.78 is 5.08. The summed E-state index contributed by atoms with van der Waals surface area (Å²) in [5, 5.41) is 0. The van der Waals surface area contributed by atoms with Crippen molar-refractivity contribution in [2.45, 2.75) is 19.6 Å². The predicted molar refractivity (Wildman–Crippen MR) is 56.5 cm³/mol. The van der Waals surface area contributed by atoms with E-state index in [-0.39, 0.29) is 0 Å². The van der Waals surface area contributed by atoms with Gasteiger partial charge in [-0.1, -0.05) is 19.6 Å². The molecule has 0 aliphatic rings. The summed E-state index contributed by atoms with van der Waals surface area (Å²) in [6, 6.07) is 0. The fourth-order valence-corrected chi connectivity index (χ4v) is 3.07. The minimum Gasteiger partial charge on any atom is -0.369 e. The molecule has 0 amide bonds. The Bertz CT molecular complexity index is 105. The lowest BCUT2D eigenvalue weighted by molar-refractivity contribution is 0.0884. The van der Waals surface area contributed by atoms with Crippen LogP contribution in [-0.4, -0.2) is 39.3 Å². The second-order valence-corrected chi connectivity index (χ2v) is 9.79. The fourth-order valence-electron chi connectivity index (χ4n) is 1.02. The number of ether oxygens (including phenoxy) is 1.